The summed E-state index contributed by atoms with van der Waals surface area (Å²) in [5, 5.41) is 0. The maximum atomic E-state index is 4.64. The number of imidazole rings is 1. The average molecular weight is 299 g/mol. The Hall–Kier alpha value is -1.88. The van der Waals surface area contributed by atoms with Crippen LogP contribution in [0.3, 0.4) is 0 Å². The number of rotatable bonds is 5. The molecule has 0 bridgehead atoms. The van der Waals surface area contributed by atoms with Crippen LogP contribution in [0.5, 0.6) is 0 Å². The second-order valence-corrected chi connectivity index (χ2v) is 6.26. The lowest BCUT2D eigenvalue weighted by molar-refractivity contribution is 0.373. The quantitative estimate of drug-likeness (QED) is 0.848. The Morgan fingerprint density at radius 2 is 2.14 bits per heavy atom. The van der Waals surface area contributed by atoms with Crippen LogP contribution >= 0.6 is 0 Å². The topological polar surface area (TPSA) is 37.2 Å². The van der Waals surface area contributed by atoms with Crippen LogP contribution < -0.4 is 4.90 Å². The molecule has 1 aliphatic rings. The van der Waals surface area contributed by atoms with E-state index >= 15 is 0 Å². The van der Waals surface area contributed by atoms with Gasteiger partial charge in [-0.15, -0.1) is 0 Å². The molecule has 0 unspecified atom stereocenters. The van der Waals surface area contributed by atoms with Gasteiger partial charge in [0.05, 0.1) is 0 Å². The van der Waals surface area contributed by atoms with E-state index in [1.54, 1.807) is 0 Å². The van der Waals surface area contributed by atoms with Crippen LogP contribution in [-0.4, -0.2) is 53.2 Å². The molecule has 0 amide bonds. The van der Waals surface area contributed by atoms with Gasteiger partial charge in [-0.2, -0.15) is 0 Å². The third-order valence-electron chi connectivity index (χ3n) is 4.30. The predicted octanol–water partition coefficient (Wildman–Crippen LogP) is 2.22. The number of hydrogen-bond acceptors (Lipinski definition) is 4. The van der Waals surface area contributed by atoms with Crippen LogP contribution in [0, 0.1) is 0 Å². The molecule has 0 radical (unpaired) electrons. The molecule has 0 N–H and O–H groups in total. The van der Waals surface area contributed by atoms with Gasteiger partial charge >= 0.3 is 0 Å². The minimum absolute atomic E-state index is 0.493. The van der Waals surface area contributed by atoms with E-state index in [4.69, 9.17) is 0 Å². The fraction of sp³-hybridized carbons (Fsp3) is 0.529. The highest BCUT2D eigenvalue weighted by Gasteiger charge is 2.25. The number of hydrogen-bond donors (Lipinski definition) is 0. The number of pyridine rings is 1. The highest BCUT2D eigenvalue weighted by molar-refractivity contribution is 5.39. The molecular weight excluding hydrogens is 274 g/mol. The lowest BCUT2D eigenvalue weighted by Crippen LogP contribution is -2.36. The Morgan fingerprint density at radius 1 is 1.23 bits per heavy atom. The zero-order valence-corrected chi connectivity index (χ0v) is 13.5. The predicted molar refractivity (Wildman–Crippen MR) is 89.2 cm³/mol. The molecule has 118 valence electrons. The summed E-state index contributed by atoms with van der Waals surface area (Å²) >= 11 is 0. The summed E-state index contributed by atoms with van der Waals surface area (Å²) in [4.78, 5) is 13.7. The van der Waals surface area contributed by atoms with Gasteiger partial charge in [-0.1, -0.05) is 6.07 Å². The van der Waals surface area contributed by atoms with Crippen LogP contribution in [0.2, 0.25) is 0 Å². The molecule has 5 nitrogen and oxygen atoms in total. The van der Waals surface area contributed by atoms with E-state index in [2.05, 4.69) is 56.8 Å². The fourth-order valence-corrected chi connectivity index (χ4v) is 3.11. The van der Waals surface area contributed by atoms with Gasteiger partial charge in [0.2, 0.25) is 0 Å². The van der Waals surface area contributed by atoms with Crippen molar-refractivity contribution in [3.63, 3.8) is 0 Å². The minimum atomic E-state index is 0.493. The molecule has 3 heterocycles. The minimum Gasteiger partial charge on any atom is -0.356 e. The maximum absolute atomic E-state index is 4.64. The van der Waals surface area contributed by atoms with Crippen molar-refractivity contribution in [1.29, 1.82) is 0 Å². The highest BCUT2D eigenvalue weighted by atomic mass is 15.2. The van der Waals surface area contributed by atoms with E-state index in [0.29, 0.717) is 5.92 Å². The van der Waals surface area contributed by atoms with Gasteiger partial charge in [0.1, 0.15) is 11.6 Å². The Bertz CT molecular complexity index is 578. The summed E-state index contributed by atoms with van der Waals surface area (Å²) in [7, 11) is 4.22. The van der Waals surface area contributed by atoms with Gasteiger partial charge < -0.3 is 14.4 Å². The molecule has 1 fully saturated rings. The molecular formula is C17H25N5. The summed E-state index contributed by atoms with van der Waals surface area (Å²) in [6.45, 7) is 4.14. The van der Waals surface area contributed by atoms with Crippen molar-refractivity contribution in [1.82, 2.24) is 19.4 Å². The first-order valence-electron chi connectivity index (χ1n) is 8.06. The van der Waals surface area contributed by atoms with Crippen LogP contribution in [0.4, 0.5) is 5.82 Å². The zero-order chi connectivity index (χ0) is 15.4. The van der Waals surface area contributed by atoms with Gasteiger partial charge in [-0.05, 0) is 39.1 Å². The second kappa shape index (κ2) is 6.92. The summed E-state index contributed by atoms with van der Waals surface area (Å²) in [5.74, 6) is 2.80. The summed E-state index contributed by atoms with van der Waals surface area (Å²) in [5.41, 5.74) is 0. The first-order valence-corrected chi connectivity index (χ1v) is 8.06. The third-order valence-corrected chi connectivity index (χ3v) is 4.30. The Balaban J connectivity index is 1.71. The summed E-state index contributed by atoms with van der Waals surface area (Å²) in [6, 6.07) is 6.13. The van der Waals surface area contributed by atoms with E-state index in [9.17, 15) is 0 Å². The smallest absolute Gasteiger partial charge is 0.128 e. The van der Waals surface area contributed by atoms with Crippen molar-refractivity contribution >= 4 is 5.82 Å². The van der Waals surface area contributed by atoms with E-state index in [-0.39, 0.29) is 0 Å². The van der Waals surface area contributed by atoms with E-state index < -0.39 is 0 Å². The van der Waals surface area contributed by atoms with Crippen LogP contribution in [-0.2, 0) is 6.54 Å². The Labute approximate surface area is 132 Å². The molecule has 0 spiro atoms. The summed E-state index contributed by atoms with van der Waals surface area (Å²) in [6.07, 6.45) is 8.32. The van der Waals surface area contributed by atoms with Crippen molar-refractivity contribution in [3.05, 3.63) is 42.6 Å². The first kappa shape index (κ1) is 15.0. The first-order chi connectivity index (χ1) is 10.7. The monoisotopic (exact) mass is 299 g/mol. The van der Waals surface area contributed by atoms with E-state index in [1.165, 1.54) is 18.7 Å². The third kappa shape index (κ3) is 3.47. The normalized spacial score (nSPS) is 18.9. The van der Waals surface area contributed by atoms with Crippen molar-refractivity contribution in [2.24, 2.45) is 0 Å². The Morgan fingerprint density at radius 3 is 2.91 bits per heavy atom. The average Bonchev–Trinajstić information content (AvgIpc) is 3.02. The molecule has 1 atom stereocenters. The SMILES string of the molecule is CN(C)CCn1ccnc1[C@@H]1CCCN(c2ccccn2)C1. The van der Waals surface area contributed by atoms with Crippen molar-refractivity contribution in [2.45, 2.75) is 25.3 Å². The van der Waals surface area contributed by atoms with Crippen molar-refractivity contribution < 1.29 is 0 Å². The van der Waals surface area contributed by atoms with Gasteiger partial charge in [0, 0.05) is 50.7 Å². The number of nitrogens with zero attached hydrogens (tertiary/aromatic N) is 5. The second-order valence-electron chi connectivity index (χ2n) is 6.26. The van der Waals surface area contributed by atoms with Crippen LogP contribution in [0.15, 0.2) is 36.8 Å². The molecule has 5 heteroatoms. The zero-order valence-electron chi connectivity index (χ0n) is 13.5. The molecule has 0 aliphatic carbocycles. The number of piperidine rings is 1. The standard InChI is InChI=1S/C17H25N5/c1-20(2)12-13-21-11-9-19-17(21)15-6-5-10-22(14-15)16-7-3-4-8-18-16/h3-4,7-9,11,15H,5-6,10,12-14H2,1-2H3/t15-/m1/s1. The largest absolute Gasteiger partial charge is 0.356 e. The molecule has 1 saturated heterocycles. The Kier molecular flexibility index (Phi) is 4.73. The molecule has 2 aromatic heterocycles. The molecule has 2 aromatic rings. The molecule has 3 rings (SSSR count). The number of anilines is 1. The number of likely N-dealkylation sites (N-methyl/N-ethyl adjacent to an activating group) is 1. The maximum Gasteiger partial charge on any atom is 0.128 e. The van der Waals surface area contributed by atoms with E-state index in [1.807, 2.05) is 18.5 Å². The fourth-order valence-electron chi connectivity index (χ4n) is 3.11. The molecule has 0 saturated carbocycles. The van der Waals surface area contributed by atoms with Crippen molar-refractivity contribution in [3.8, 4) is 0 Å². The molecule has 1 aliphatic heterocycles. The molecule has 0 aromatic carbocycles. The van der Waals surface area contributed by atoms with E-state index in [0.717, 1.165) is 32.0 Å². The molecule has 22 heavy (non-hydrogen) atoms. The van der Waals surface area contributed by atoms with Gasteiger partial charge in [-0.25, -0.2) is 9.97 Å². The van der Waals surface area contributed by atoms with Gasteiger partial charge in [-0.3, -0.25) is 0 Å². The lowest BCUT2D eigenvalue weighted by atomic mass is 9.97. The highest BCUT2D eigenvalue weighted by Crippen LogP contribution is 2.28. The van der Waals surface area contributed by atoms with Crippen molar-refractivity contribution in [2.75, 3.05) is 38.6 Å². The van der Waals surface area contributed by atoms with Gasteiger partial charge in [0.15, 0.2) is 0 Å². The number of aromatic nitrogens is 3. The lowest BCUT2D eigenvalue weighted by Gasteiger charge is -2.33. The van der Waals surface area contributed by atoms with Crippen LogP contribution in [0.1, 0.15) is 24.6 Å². The summed E-state index contributed by atoms with van der Waals surface area (Å²) < 4.78 is 2.31. The van der Waals surface area contributed by atoms with Gasteiger partial charge in [0.25, 0.3) is 0 Å². The van der Waals surface area contributed by atoms with Crippen LogP contribution in [0.25, 0.3) is 0 Å².